The Morgan fingerprint density at radius 1 is 1.32 bits per heavy atom. The molecule has 0 atom stereocenters. The summed E-state index contributed by atoms with van der Waals surface area (Å²) in [5.41, 5.74) is 2.81. The van der Waals surface area contributed by atoms with Crippen LogP contribution in [0, 0.1) is 6.92 Å². The van der Waals surface area contributed by atoms with Crippen molar-refractivity contribution in [2.24, 2.45) is 7.05 Å². The first-order valence-corrected chi connectivity index (χ1v) is 6.92. The van der Waals surface area contributed by atoms with E-state index < -0.39 is 0 Å². The molecule has 0 aliphatic rings. The van der Waals surface area contributed by atoms with Gasteiger partial charge in [0.2, 0.25) is 0 Å². The van der Waals surface area contributed by atoms with E-state index in [4.69, 9.17) is 4.52 Å². The van der Waals surface area contributed by atoms with Gasteiger partial charge in [0.15, 0.2) is 0 Å². The lowest BCUT2D eigenvalue weighted by atomic mass is 10.1. The zero-order valence-electron chi connectivity index (χ0n) is 12.4. The average Bonchev–Trinajstić information content (AvgIpc) is 3.12. The monoisotopic (exact) mass is 296 g/mol. The van der Waals surface area contributed by atoms with Gasteiger partial charge >= 0.3 is 0 Å². The Balaban J connectivity index is 1.82. The number of carbonyl (C=O) groups is 1. The smallest absolute Gasteiger partial charge is 0.257 e. The normalized spacial score (nSPS) is 10.6. The fourth-order valence-electron chi connectivity index (χ4n) is 2.27. The SMILES string of the molecule is Cc1onc(-c2ccccc2)c1C(=O)NCc1cnn(C)c1. The summed E-state index contributed by atoms with van der Waals surface area (Å²) in [6.45, 7) is 2.14. The number of rotatable bonds is 4. The number of hydrogen-bond acceptors (Lipinski definition) is 4. The molecular formula is C16H16N4O2. The Bertz CT molecular complexity index is 790. The molecule has 0 aliphatic carbocycles. The third kappa shape index (κ3) is 2.76. The highest BCUT2D eigenvalue weighted by molar-refractivity contribution is 6.00. The lowest BCUT2D eigenvalue weighted by Crippen LogP contribution is -2.23. The predicted octanol–water partition coefficient (Wildman–Crippen LogP) is 2.31. The lowest BCUT2D eigenvalue weighted by molar-refractivity contribution is 0.0950. The molecule has 0 aliphatic heterocycles. The number of benzene rings is 1. The molecule has 1 aromatic carbocycles. The summed E-state index contributed by atoms with van der Waals surface area (Å²) in [5, 5.41) is 11.0. The van der Waals surface area contributed by atoms with E-state index in [1.165, 1.54) is 0 Å². The van der Waals surface area contributed by atoms with Crippen LogP contribution in [0.2, 0.25) is 0 Å². The molecule has 0 spiro atoms. The molecule has 6 heteroatoms. The predicted molar refractivity (Wildman–Crippen MR) is 81.1 cm³/mol. The van der Waals surface area contributed by atoms with Gasteiger partial charge in [-0.1, -0.05) is 35.5 Å². The van der Waals surface area contributed by atoms with E-state index in [0.29, 0.717) is 23.6 Å². The molecule has 0 saturated carbocycles. The van der Waals surface area contributed by atoms with Crippen molar-refractivity contribution in [2.75, 3.05) is 0 Å². The van der Waals surface area contributed by atoms with Crippen molar-refractivity contribution >= 4 is 5.91 Å². The standard InChI is InChI=1S/C16H16N4O2/c1-11-14(15(19-22-11)13-6-4-3-5-7-13)16(21)17-8-12-9-18-20(2)10-12/h3-7,9-10H,8H2,1-2H3,(H,17,21). The molecule has 3 rings (SSSR count). The minimum absolute atomic E-state index is 0.207. The van der Waals surface area contributed by atoms with Gasteiger partial charge < -0.3 is 9.84 Å². The van der Waals surface area contributed by atoms with Crippen LogP contribution in [0.3, 0.4) is 0 Å². The summed E-state index contributed by atoms with van der Waals surface area (Å²) in [6.07, 6.45) is 3.58. The lowest BCUT2D eigenvalue weighted by Gasteiger charge is -2.04. The van der Waals surface area contributed by atoms with Crippen LogP contribution in [-0.2, 0) is 13.6 Å². The molecule has 1 N–H and O–H groups in total. The number of amides is 1. The van der Waals surface area contributed by atoms with Crippen LogP contribution in [0.15, 0.2) is 47.2 Å². The highest BCUT2D eigenvalue weighted by atomic mass is 16.5. The van der Waals surface area contributed by atoms with Gasteiger partial charge in [-0.25, -0.2) is 0 Å². The zero-order chi connectivity index (χ0) is 15.5. The van der Waals surface area contributed by atoms with Crippen molar-refractivity contribution in [1.29, 1.82) is 0 Å². The third-order valence-electron chi connectivity index (χ3n) is 3.35. The molecule has 6 nitrogen and oxygen atoms in total. The summed E-state index contributed by atoms with van der Waals surface area (Å²) >= 11 is 0. The molecule has 0 saturated heterocycles. The van der Waals surface area contributed by atoms with Crippen molar-refractivity contribution < 1.29 is 9.32 Å². The molecular weight excluding hydrogens is 280 g/mol. The molecule has 0 radical (unpaired) electrons. The molecule has 0 bridgehead atoms. The maximum atomic E-state index is 12.5. The fraction of sp³-hybridized carbons (Fsp3) is 0.188. The van der Waals surface area contributed by atoms with E-state index in [0.717, 1.165) is 11.1 Å². The number of carbonyl (C=O) groups excluding carboxylic acids is 1. The van der Waals surface area contributed by atoms with Crippen LogP contribution in [0.4, 0.5) is 0 Å². The van der Waals surface area contributed by atoms with Crippen molar-refractivity contribution in [3.8, 4) is 11.3 Å². The maximum absolute atomic E-state index is 12.5. The van der Waals surface area contributed by atoms with Crippen LogP contribution >= 0.6 is 0 Å². The zero-order valence-corrected chi connectivity index (χ0v) is 12.4. The molecule has 112 valence electrons. The first-order chi connectivity index (χ1) is 10.6. The van der Waals surface area contributed by atoms with Gasteiger partial charge in [-0.2, -0.15) is 5.10 Å². The molecule has 3 aromatic rings. The first kappa shape index (κ1) is 14.1. The third-order valence-corrected chi connectivity index (χ3v) is 3.35. The summed E-state index contributed by atoms with van der Waals surface area (Å²) in [6, 6.07) is 9.51. The van der Waals surface area contributed by atoms with Gasteiger partial charge in [-0.05, 0) is 6.92 Å². The maximum Gasteiger partial charge on any atom is 0.257 e. The minimum Gasteiger partial charge on any atom is -0.360 e. The van der Waals surface area contributed by atoms with Crippen molar-refractivity contribution in [3.05, 3.63) is 59.6 Å². The largest absolute Gasteiger partial charge is 0.360 e. The second-order valence-corrected chi connectivity index (χ2v) is 5.03. The van der Waals surface area contributed by atoms with Gasteiger partial charge in [-0.15, -0.1) is 0 Å². The van der Waals surface area contributed by atoms with Crippen LogP contribution in [0.25, 0.3) is 11.3 Å². The quantitative estimate of drug-likeness (QED) is 0.802. The number of nitrogens with one attached hydrogen (secondary N) is 1. The summed E-state index contributed by atoms with van der Waals surface area (Å²) in [4.78, 5) is 12.5. The second kappa shape index (κ2) is 5.85. The van der Waals surface area contributed by atoms with E-state index in [-0.39, 0.29) is 5.91 Å². The number of nitrogens with zero attached hydrogens (tertiary/aromatic N) is 3. The van der Waals surface area contributed by atoms with Crippen LogP contribution in [0.5, 0.6) is 0 Å². The van der Waals surface area contributed by atoms with E-state index in [9.17, 15) is 4.79 Å². The first-order valence-electron chi connectivity index (χ1n) is 6.92. The van der Waals surface area contributed by atoms with Gasteiger partial charge in [0.1, 0.15) is 17.0 Å². The Morgan fingerprint density at radius 3 is 2.77 bits per heavy atom. The topological polar surface area (TPSA) is 73.0 Å². The number of aryl methyl sites for hydroxylation is 2. The Morgan fingerprint density at radius 2 is 2.09 bits per heavy atom. The van der Waals surface area contributed by atoms with Gasteiger partial charge in [0.25, 0.3) is 5.91 Å². The van der Waals surface area contributed by atoms with Gasteiger partial charge in [0.05, 0.1) is 6.20 Å². The summed E-state index contributed by atoms with van der Waals surface area (Å²) in [7, 11) is 1.84. The van der Waals surface area contributed by atoms with Gasteiger partial charge in [-0.3, -0.25) is 9.48 Å². The number of aromatic nitrogens is 3. The Kier molecular flexibility index (Phi) is 3.74. The van der Waals surface area contributed by atoms with Crippen molar-refractivity contribution in [2.45, 2.75) is 13.5 Å². The minimum atomic E-state index is -0.207. The molecule has 0 unspecified atom stereocenters. The van der Waals surface area contributed by atoms with Crippen LogP contribution in [0.1, 0.15) is 21.7 Å². The van der Waals surface area contributed by atoms with E-state index >= 15 is 0 Å². The highest BCUT2D eigenvalue weighted by Gasteiger charge is 2.21. The van der Waals surface area contributed by atoms with Crippen molar-refractivity contribution in [1.82, 2.24) is 20.3 Å². The highest BCUT2D eigenvalue weighted by Crippen LogP contribution is 2.24. The van der Waals surface area contributed by atoms with E-state index in [1.54, 1.807) is 17.8 Å². The fourth-order valence-corrected chi connectivity index (χ4v) is 2.27. The molecule has 2 heterocycles. The summed E-state index contributed by atoms with van der Waals surface area (Å²) in [5.74, 6) is 0.295. The van der Waals surface area contributed by atoms with E-state index in [1.807, 2.05) is 43.6 Å². The van der Waals surface area contributed by atoms with Crippen LogP contribution < -0.4 is 5.32 Å². The average molecular weight is 296 g/mol. The second-order valence-electron chi connectivity index (χ2n) is 5.03. The molecule has 22 heavy (non-hydrogen) atoms. The summed E-state index contributed by atoms with van der Waals surface area (Å²) < 4.78 is 6.90. The molecule has 1 amide bonds. The number of hydrogen-bond donors (Lipinski definition) is 1. The Labute approximate surface area is 127 Å². The van der Waals surface area contributed by atoms with Crippen LogP contribution in [-0.4, -0.2) is 20.8 Å². The van der Waals surface area contributed by atoms with Gasteiger partial charge in [0, 0.05) is 30.9 Å². The molecule has 0 fully saturated rings. The van der Waals surface area contributed by atoms with Crippen molar-refractivity contribution in [3.63, 3.8) is 0 Å². The molecule has 2 aromatic heterocycles. The Hall–Kier alpha value is -2.89. The van der Waals surface area contributed by atoms with E-state index in [2.05, 4.69) is 15.6 Å².